The van der Waals surface area contributed by atoms with Crippen LogP contribution in [0.15, 0.2) is 54.6 Å². The summed E-state index contributed by atoms with van der Waals surface area (Å²) in [6.45, 7) is 0.820. The molecule has 0 aliphatic heterocycles. The Hall–Kier alpha value is -2.01. The molecule has 0 amide bonds. The minimum Gasteiger partial charge on any atom is -0.486 e. The molecule has 0 saturated heterocycles. The second-order valence-corrected chi connectivity index (χ2v) is 5.63. The third-order valence-electron chi connectivity index (χ3n) is 3.47. The van der Waals surface area contributed by atoms with E-state index in [4.69, 9.17) is 4.74 Å². The Morgan fingerprint density at radius 1 is 0.957 bits per heavy atom. The van der Waals surface area contributed by atoms with E-state index in [0.717, 1.165) is 30.7 Å². The Bertz CT molecular complexity index is 594. The Balaban J connectivity index is 2.14. The third kappa shape index (κ3) is 5.28. The van der Waals surface area contributed by atoms with Gasteiger partial charge in [-0.15, -0.1) is 0 Å². The second-order valence-electron chi connectivity index (χ2n) is 5.63. The first-order chi connectivity index (χ1) is 10.9. The summed E-state index contributed by atoms with van der Waals surface area (Å²) in [5, 5.41) is 0. The summed E-state index contributed by atoms with van der Waals surface area (Å²) in [5.74, 6) is 0.436. The highest BCUT2D eigenvalue weighted by atomic mass is 19.4. The van der Waals surface area contributed by atoms with E-state index in [1.165, 1.54) is 12.1 Å². The largest absolute Gasteiger partial charge is 0.486 e. The molecule has 0 spiro atoms. The van der Waals surface area contributed by atoms with Crippen LogP contribution in [-0.2, 0) is 6.18 Å². The minimum atomic E-state index is -4.33. The normalized spacial score (nSPS) is 13.1. The number of nitrogens with zero attached hydrogens (tertiary/aromatic N) is 1. The van der Waals surface area contributed by atoms with Crippen molar-refractivity contribution in [1.29, 1.82) is 0 Å². The lowest BCUT2D eigenvalue weighted by Gasteiger charge is -2.22. The van der Waals surface area contributed by atoms with Gasteiger partial charge in [-0.25, -0.2) is 0 Å². The van der Waals surface area contributed by atoms with Crippen molar-refractivity contribution in [2.24, 2.45) is 0 Å². The molecule has 5 heteroatoms. The highest BCUT2D eigenvalue weighted by Crippen LogP contribution is 2.31. The van der Waals surface area contributed by atoms with Gasteiger partial charge in [0.05, 0.1) is 5.56 Å². The number of benzene rings is 2. The van der Waals surface area contributed by atoms with E-state index in [2.05, 4.69) is 0 Å². The maximum Gasteiger partial charge on any atom is 0.416 e. The zero-order valence-electron chi connectivity index (χ0n) is 13.2. The van der Waals surface area contributed by atoms with Gasteiger partial charge in [-0.1, -0.05) is 30.3 Å². The van der Waals surface area contributed by atoms with Gasteiger partial charge in [0.2, 0.25) is 0 Å². The van der Waals surface area contributed by atoms with Gasteiger partial charge in [0.1, 0.15) is 11.9 Å². The van der Waals surface area contributed by atoms with Crippen LogP contribution in [0, 0.1) is 0 Å². The van der Waals surface area contributed by atoms with E-state index < -0.39 is 11.7 Å². The van der Waals surface area contributed by atoms with E-state index in [1.807, 2.05) is 49.3 Å². The van der Waals surface area contributed by atoms with Crippen molar-refractivity contribution >= 4 is 0 Å². The number of rotatable bonds is 6. The lowest BCUT2D eigenvalue weighted by atomic mass is 10.1. The van der Waals surface area contributed by atoms with Crippen LogP contribution in [0.3, 0.4) is 0 Å². The summed E-state index contributed by atoms with van der Waals surface area (Å²) in [7, 11) is 3.94. The molecule has 0 bridgehead atoms. The zero-order chi connectivity index (χ0) is 16.9. The standard InChI is InChI=1S/C18H20F3NO/c1-22(2)13-12-17(14-6-4-3-5-7-14)23-16-10-8-15(9-11-16)18(19,20)21/h3-11,17H,12-13H2,1-2H3/t17-/m1/s1. The smallest absolute Gasteiger partial charge is 0.416 e. The van der Waals surface area contributed by atoms with Crippen molar-refractivity contribution < 1.29 is 17.9 Å². The van der Waals surface area contributed by atoms with E-state index in [9.17, 15) is 13.2 Å². The summed E-state index contributed by atoms with van der Waals surface area (Å²) in [5.41, 5.74) is 0.337. The number of hydrogen-bond acceptors (Lipinski definition) is 2. The predicted molar refractivity (Wildman–Crippen MR) is 84.4 cm³/mol. The lowest BCUT2D eigenvalue weighted by molar-refractivity contribution is -0.137. The van der Waals surface area contributed by atoms with Gasteiger partial charge in [-0.2, -0.15) is 13.2 Å². The maximum atomic E-state index is 12.6. The monoisotopic (exact) mass is 323 g/mol. The molecule has 0 radical (unpaired) electrons. The van der Waals surface area contributed by atoms with Crippen molar-refractivity contribution in [3.05, 3.63) is 65.7 Å². The fourth-order valence-corrected chi connectivity index (χ4v) is 2.22. The van der Waals surface area contributed by atoms with Gasteiger partial charge in [0, 0.05) is 13.0 Å². The highest BCUT2D eigenvalue weighted by Gasteiger charge is 2.30. The SMILES string of the molecule is CN(C)CC[C@@H](Oc1ccc(C(F)(F)F)cc1)c1ccccc1. The van der Waals surface area contributed by atoms with Crippen molar-refractivity contribution in [2.75, 3.05) is 20.6 Å². The average Bonchev–Trinajstić information content (AvgIpc) is 2.51. The van der Waals surface area contributed by atoms with Crippen molar-refractivity contribution in [3.8, 4) is 5.75 Å². The number of ether oxygens (including phenoxy) is 1. The van der Waals surface area contributed by atoms with Crippen LogP contribution in [0.2, 0.25) is 0 Å². The predicted octanol–water partition coefficient (Wildman–Crippen LogP) is 4.78. The van der Waals surface area contributed by atoms with E-state index in [0.29, 0.717) is 5.75 Å². The summed E-state index contributed by atoms with van der Waals surface area (Å²) >= 11 is 0. The fraction of sp³-hybridized carbons (Fsp3) is 0.333. The molecular formula is C18H20F3NO. The quantitative estimate of drug-likeness (QED) is 0.759. The molecular weight excluding hydrogens is 303 g/mol. The fourth-order valence-electron chi connectivity index (χ4n) is 2.22. The molecule has 2 nitrogen and oxygen atoms in total. The Labute approximate surface area is 134 Å². The molecule has 2 aromatic rings. The molecule has 0 unspecified atom stereocenters. The van der Waals surface area contributed by atoms with Crippen molar-refractivity contribution in [2.45, 2.75) is 18.7 Å². The van der Waals surface area contributed by atoms with Gasteiger partial charge >= 0.3 is 6.18 Å². The molecule has 0 saturated carbocycles. The molecule has 0 fully saturated rings. The first-order valence-corrected chi connectivity index (χ1v) is 7.40. The Kier molecular flexibility index (Phi) is 5.66. The average molecular weight is 323 g/mol. The van der Waals surface area contributed by atoms with Crippen LogP contribution in [0.1, 0.15) is 23.7 Å². The summed E-state index contributed by atoms with van der Waals surface area (Å²) in [6.07, 6.45) is -3.78. The van der Waals surface area contributed by atoms with Gasteiger partial charge in [0.15, 0.2) is 0 Å². The van der Waals surface area contributed by atoms with Gasteiger partial charge in [-0.05, 0) is 43.9 Å². The highest BCUT2D eigenvalue weighted by molar-refractivity contribution is 5.30. The Morgan fingerprint density at radius 3 is 2.09 bits per heavy atom. The third-order valence-corrected chi connectivity index (χ3v) is 3.47. The molecule has 0 heterocycles. The molecule has 0 aromatic heterocycles. The van der Waals surface area contributed by atoms with Crippen molar-refractivity contribution in [3.63, 3.8) is 0 Å². The molecule has 124 valence electrons. The molecule has 1 atom stereocenters. The first-order valence-electron chi connectivity index (χ1n) is 7.40. The minimum absolute atomic E-state index is 0.199. The molecule has 0 N–H and O–H groups in total. The Morgan fingerprint density at radius 2 is 1.57 bits per heavy atom. The molecule has 23 heavy (non-hydrogen) atoms. The number of hydrogen-bond donors (Lipinski definition) is 0. The summed E-state index contributed by atoms with van der Waals surface area (Å²) < 4.78 is 43.8. The number of halogens is 3. The van der Waals surface area contributed by atoms with Crippen LogP contribution < -0.4 is 4.74 Å². The molecule has 2 rings (SSSR count). The van der Waals surface area contributed by atoms with Crippen molar-refractivity contribution in [1.82, 2.24) is 4.90 Å². The van der Waals surface area contributed by atoms with Crippen LogP contribution in [0.5, 0.6) is 5.75 Å². The molecule has 0 aliphatic carbocycles. The van der Waals surface area contributed by atoms with Crippen LogP contribution in [-0.4, -0.2) is 25.5 Å². The van der Waals surface area contributed by atoms with E-state index in [1.54, 1.807) is 0 Å². The van der Waals surface area contributed by atoms with Crippen LogP contribution in [0.4, 0.5) is 13.2 Å². The first kappa shape index (κ1) is 17.3. The topological polar surface area (TPSA) is 12.5 Å². The van der Waals surface area contributed by atoms with E-state index in [-0.39, 0.29) is 6.10 Å². The maximum absolute atomic E-state index is 12.6. The van der Waals surface area contributed by atoms with Gasteiger partial charge in [-0.3, -0.25) is 0 Å². The van der Waals surface area contributed by atoms with Crippen LogP contribution in [0.25, 0.3) is 0 Å². The van der Waals surface area contributed by atoms with E-state index >= 15 is 0 Å². The molecule has 2 aromatic carbocycles. The van der Waals surface area contributed by atoms with Gasteiger partial charge < -0.3 is 9.64 Å². The molecule has 0 aliphatic rings. The van der Waals surface area contributed by atoms with Crippen LogP contribution >= 0.6 is 0 Å². The zero-order valence-corrected chi connectivity index (χ0v) is 13.2. The van der Waals surface area contributed by atoms with Gasteiger partial charge in [0.25, 0.3) is 0 Å². The summed E-state index contributed by atoms with van der Waals surface area (Å²) in [4.78, 5) is 2.05. The summed E-state index contributed by atoms with van der Waals surface area (Å²) in [6, 6.07) is 14.5. The second kappa shape index (κ2) is 7.51. The lowest BCUT2D eigenvalue weighted by Crippen LogP contribution is -2.18. The number of alkyl halides is 3.